The van der Waals surface area contributed by atoms with E-state index >= 15 is 0 Å². The van der Waals surface area contributed by atoms with E-state index < -0.39 is 0 Å². The maximum Gasteiger partial charge on any atom is 0.282 e. The molecule has 1 aromatic carbocycles. The molecule has 0 saturated heterocycles. The van der Waals surface area contributed by atoms with Gasteiger partial charge in [0.15, 0.2) is 0 Å². The Bertz CT molecular complexity index is 377. The van der Waals surface area contributed by atoms with E-state index in [2.05, 4.69) is 4.99 Å². The highest BCUT2D eigenvalue weighted by molar-refractivity contribution is 5.73. The van der Waals surface area contributed by atoms with E-state index in [9.17, 15) is 0 Å². The fraction of sp³-hybridized carbons (Fsp3) is 0.364. The molecule has 0 radical (unpaired) electrons. The number of amidine groups is 1. The van der Waals surface area contributed by atoms with Crippen molar-refractivity contribution in [1.29, 1.82) is 0 Å². The molecule has 1 unspecified atom stereocenters. The van der Waals surface area contributed by atoms with Crippen LogP contribution in [-0.2, 0) is 11.2 Å². The minimum Gasteiger partial charge on any atom is -0.497 e. The summed E-state index contributed by atoms with van der Waals surface area (Å²) in [5.41, 5.74) is 6.62. The number of methoxy groups -OCH3 is 1. The third kappa shape index (κ3) is 2.40. The molecule has 0 fully saturated rings. The molecule has 1 aromatic rings. The highest BCUT2D eigenvalue weighted by Gasteiger charge is 2.16. The maximum atomic E-state index is 5.44. The maximum absolute atomic E-state index is 5.44. The summed E-state index contributed by atoms with van der Waals surface area (Å²) in [6.45, 7) is 0.572. The topological polar surface area (TPSA) is 56.8 Å². The van der Waals surface area contributed by atoms with Gasteiger partial charge in [0, 0.05) is 0 Å². The first-order valence-corrected chi connectivity index (χ1v) is 4.87. The van der Waals surface area contributed by atoms with E-state index in [-0.39, 0.29) is 6.04 Å². The number of ether oxygens (including phenoxy) is 2. The average Bonchev–Trinajstić information content (AvgIpc) is 2.64. The lowest BCUT2D eigenvalue weighted by molar-refractivity contribution is 0.312. The zero-order valence-electron chi connectivity index (χ0n) is 8.64. The van der Waals surface area contributed by atoms with Gasteiger partial charge in [-0.25, -0.2) is 4.99 Å². The Kier molecular flexibility index (Phi) is 2.76. The summed E-state index contributed by atoms with van der Waals surface area (Å²) in [5.74, 6) is 0.864. The van der Waals surface area contributed by atoms with Crippen LogP contribution in [-0.4, -0.2) is 25.8 Å². The van der Waals surface area contributed by atoms with Crippen LogP contribution in [0.25, 0.3) is 0 Å². The van der Waals surface area contributed by atoms with E-state index in [1.807, 2.05) is 24.3 Å². The molecule has 1 aliphatic rings. The lowest BCUT2D eigenvalue weighted by Gasteiger charge is -2.06. The van der Waals surface area contributed by atoms with Crippen LogP contribution in [0.1, 0.15) is 5.56 Å². The Morgan fingerprint density at radius 1 is 1.60 bits per heavy atom. The van der Waals surface area contributed by atoms with Gasteiger partial charge in [0.05, 0.1) is 13.2 Å². The van der Waals surface area contributed by atoms with Crippen LogP contribution in [0.2, 0.25) is 0 Å². The van der Waals surface area contributed by atoms with Crippen molar-refractivity contribution in [2.24, 2.45) is 10.7 Å². The monoisotopic (exact) mass is 206 g/mol. The summed E-state index contributed by atoms with van der Waals surface area (Å²) in [6.07, 6.45) is 0.831. The SMILES string of the molecule is COc1cccc(CC2COC(N)=N2)c1. The summed E-state index contributed by atoms with van der Waals surface area (Å²) in [5, 5.41) is 0. The van der Waals surface area contributed by atoms with E-state index in [1.165, 1.54) is 5.56 Å². The van der Waals surface area contributed by atoms with Crippen LogP contribution >= 0.6 is 0 Å². The van der Waals surface area contributed by atoms with Crippen molar-refractivity contribution in [1.82, 2.24) is 0 Å². The van der Waals surface area contributed by atoms with Gasteiger partial charge in [-0.1, -0.05) is 12.1 Å². The summed E-state index contributed by atoms with van der Waals surface area (Å²) < 4.78 is 10.2. The summed E-state index contributed by atoms with van der Waals surface area (Å²) in [6, 6.07) is 8.37. The summed E-state index contributed by atoms with van der Waals surface area (Å²) in [4.78, 5) is 4.17. The molecule has 1 atom stereocenters. The van der Waals surface area contributed by atoms with Gasteiger partial charge in [0.25, 0.3) is 6.02 Å². The second-order valence-electron chi connectivity index (χ2n) is 3.49. The van der Waals surface area contributed by atoms with E-state index in [0.29, 0.717) is 12.6 Å². The van der Waals surface area contributed by atoms with Crippen LogP contribution in [0.15, 0.2) is 29.3 Å². The first-order chi connectivity index (χ1) is 7.28. The zero-order valence-corrected chi connectivity index (χ0v) is 8.64. The Morgan fingerprint density at radius 2 is 2.47 bits per heavy atom. The van der Waals surface area contributed by atoms with Gasteiger partial charge in [-0.05, 0) is 24.1 Å². The molecule has 2 rings (SSSR count). The van der Waals surface area contributed by atoms with E-state index in [0.717, 1.165) is 12.2 Å². The van der Waals surface area contributed by atoms with Crippen LogP contribution in [0, 0.1) is 0 Å². The van der Waals surface area contributed by atoms with E-state index in [4.69, 9.17) is 15.2 Å². The molecule has 0 spiro atoms. The molecule has 0 aliphatic carbocycles. The van der Waals surface area contributed by atoms with Crippen LogP contribution in [0.4, 0.5) is 0 Å². The Hall–Kier alpha value is -1.71. The van der Waals surface area contributed by atoms with Gasteiger partial charge < -0.3 is 15.2 Å². The second-order valence-corrected chi connectivity index (χ2v) is 3.49. The van der Waals surface area contributed by atoms with Crippen LogP contribution in [0.3, 0.4) is 0 Å². The van der Waals surface area contributed by atoms with Gasteiger partial charge in [0.1, 0.15) is 12.4 Å². The van der Waals surface area contributed by atoms with Crippen molar-refractivity contribution < 1.29 is 9.47 Å². The number of hydrogen-bond donors (Lipinski definition) is 1. The third-order valence-corrected chi connectivity index (χ3v) is 2.34. The average molecular weight is 206 g/mol. The van der Waals surface area contributed by atoms with E-state index in [1.54, 1.807) is 7.11 Å². The fourth-order valence-electron chi connectivity index (χ4n) is 1.61. The molecule has 1 aliphatic heterocycles. The molecule has 1 heterocycles. The molecule has 0 saturated carbocycles. The van der Waals surface area contributed by atoms with Crippen molar-refractivity contribution in [3.8, 4) is 5.75 Å². The molecule has 15 heavy (non-hydrogen) atoms. The fourth-order valence-corrected chi connectivity index (χ4v) is 1.61. The predicted octanol–water partition coefficient (Wildman–Crippen LogP) is 0.951. The number of rotatable bonds is 3. The van der Waals surface area contributed by atoms with Crippen molar-refractivity contribution >= 4 is 6.02 Å². The quantitative estimate of drug-likeness (QED) is 0.801. The standard InChI is InChI=1S/C11H14N2O2/c1-14-10-4-2-3-8(6-10)5-9-7-15-11(12)13-9/h2-4,6,9H,5,7H2,1H3,(H2,12,13). The first-order valence-electron chi connectivity index (χ1n) is 4.87. The molecule has 80 valence electrons. The lowest BCUT2D eigenvalue weighted by atomic mass is 10.1. The zero-order chi connectivity index (χ0) is 10.7. The van der Waals surface area contributed by atoms with Gasteiger partial charge in [-0.3, -0.25) is 0 Å². The van der Waals surface area contributed by atoms with Crippen molar-refractivity contribution in [3.05, 3.63) is 29.8 Å². The molecule has 0 bridgehead atoms. The Morgan fingerprint density at radius 3 is 3.13 bits per heavy atom. The predicted molar refractivity (Wildman–Crippen MR) is 58.1 cm³/mol. The van der Waals surface area contributed by atoms with Gasteiger partial charge in [-0.15, -0.1) is 0 Å². The number of benzene rings is 1. The number of hydrogen-bond acceptors (Lipinski definition) is 4. The molecule has 2 N–H and O–H groups in total. The summed E-state index contributed by atoms with van der Waals surface area (Å²) in [7, 11) is 1.66. The lowest BCUT2D eigenvalue weighted by Crippen LogP contribution is -2.11. The molecular formula is C11H14N2O2. The number of nitrogens with zero attached hydrogens (tertiary/aromatic N) is 1. The first kappa shape index (κ1) is 9.83. The van der Waals surface area contributed by atoms with Gasteiger partial charge in [0.2, 0.25) is 0 Å². The van der Waals surface area contributed by atoms with Gasteiger partial charge in [-0.2, -0.15) is 0 Å². The smallest absolute Gasteiger partial charge is 0.282 e. The molecule has 0 aromatic heterocycles. The van der Waals surface area contributed by atoms with Crippen molar-refractivity contribution in [3.63, 3.8) is 0 Å². The minimum absolute atomic E-state index is 0.136. The molecule has 0 amide bonds. The number of nitrogens with two attached hydrogens (primary N) is 1. The normalized spacial score (nSPS) is 19.5. The summed E-state index contributed by atoms with van der Waals surface area (Å²) >= 11 is 0. The van der Waals surface area contributed by atoms with Crippen molar-refractivity contribution in [2.75, 3.05) is 13.7 Å². The number of aliphatic imine (C=N–C) groups is 1. The van der Waals surface area contributed by atoms with Crippen LogP contribution in [0.5, 0.6) is 5.75 Å². The largest absolute Gasteiger partial charge is 0.497 e. The minimum atomic E-state index is 0.136. The molecule has 4 nitrogen and oxygen atoms in total. The molecular weight excluding hydrogens is 192 g/mol. The highest BCUT2D eigenvalue weighted by atomic mass is 16.5. The second kappa shape index (κ2) is 4.21. The molecule has 4 heteroatoms. The van der Waals surface area contributed by atoms with Gasteiger partial charge >= 0.3 is 0 Å². The highest BCUT2D eigenvalue weighted by Crippen LogP contribution is 2.16. The van der Waals surface area contributed by atoms with Crippen molar-refractivity contribution in [2.45, 2.75) is 12.5 Å². The third-order valence-electron chi connectivity index (χ3n) is 2.34. The Balaban J connectivity index is 2.04. The van der Waals surface area contributed by atoms with Crippen LogP contribution < -0.4 is 10.5 Å². The Labute approximate surface area is 88.7 Å².